The van der Waals surface area contributed by atoms with Crippen LogP contribution in [0.25, 0.3) is 0 Å². The van der Waals surface area contributed by atoms with E-state index in [-0.39, 0.29) is 39.8 Å². The number of carboxylic acids is 2. The van der Waals surface area contributed by atoms with Crippen molar-refractivity contribution in [2.45, 2.75) is 87.7 Å². The number of carbonyl (C=O) groups excluding carboxylic acids is 4. The number of imide groups is 1. The molecule has 3 heterocycles. The topological polar surface area (TPSA) is 433 Å². The second-order valence-corrected chi connectivity index (χ2v) is 23.2. The van der Waals surface area contributed by atoms with E-state index in [1.54, 1.807) is 17.0 Å². The van der Waals surface area contributed by atoms with Gasteiger partial charge in [0.2, 0.25) is 23.7 Å². The lowest BCUT2D eigenvalue weighted by Gasteiger charge is -2.19. The van der Waals surface area contributed by atoms with Gasteiger partial charge in [0.1, 0.15) is 22.3 Å². The third-order valence-corrected chi connectivity index (χ3v) is 14.8. The summed E-state index contributed by atoms with van der Waals surface area (Å²) in [6, 6.07) is 9.31. The molecule has 42 heteroatoms. The van der Waals surface area contributed by atoms with Gasteiger partial charge in [-0.2, -0.15) is 55.7 Å². The number of aromatic carboxylic acids is 1. The first-order valence-electron chi connectivity index (χ1n) is 25.2. The normalized spacial score (nSPS) is 13.3. The summed E-state index contributed by atoms with van der Waals surface area (Å²) in [7, 11) is -12.0. The molecule has 2 aliphatic rings. The molecule has 0 saturated heterocycles. The number of aromatic nitrogens is 5. The number of benzene rings is 3. The van der Waals surface area contributed by atoms with Crippen LogP contribution in [-0.2, 0) is 45.4 Å². The van der Waals surface area contributed by atoms with Crippen LogP contribution < -0.4 is 49.2 Å². The van der Waals surface area contributed by atoms with Crippen molar-refractivity contribution in [1.29, 1.82) is 0 Å². The fourth-order valence-corrected chi connectivity index (χ4v) is 10.3. The largest absolute Gasteiger partial charge is 0.480 e. The number of anilines is 3. The molecule has 0 radical (unpaired) electrons. The molecule has 2 aromatic heterocycles. The lowest BCUT2D eigenvalue weighted by Crippen LogP contribution is -2.35. The molecular weight excluding hydrogens is 1340 g/mol. The Kier molecular flexibility index (Phi) is 27.0. The molecule has 0 spiro atoms. The first-order chi connectivity index (χ1) is 42.8. The minimum Gasteiger partial charge on any atom is -0.480 e. The number of methoxy groups -OCH3 is 1. The second-order valence-electron chi connectivity index (χ2n) is 17.9. The molecule has 0 fully saturated rings. The first kappa shape index (κ1) is 75.1. The van der Waals surface area contributed by atoms with Gasteiger partial charge in [-0.25, -0.2) is 50.0 Å². The summed E-state index contributed by atoms with van der Waals surface area (Å²) in [6.45, 7) is -4.12. The van der Waals surface area contributed by atoms with Crippen molar-refractivity contribution in [2.24, 2.45) is 0 Å². The average Bonchev–Trinajstić information content (AvgIpc) is 1.60. The highest BCUT2D eigenvalue weighted by Crippen LogP contribution is 2.40. The number of rotatable bonds is 21. The molecule has 0 saturated carbocycles. The lowest BCUT2D eigenvalue weighted by atomic mass is 9.93. The summed E-state index contributed by atoms with van der Waals surface area (Å²) in [5, 5.41) is 22.9. The summed E-state index contributed by atoms with van der Waals surface area (Å²) >= 11 is 5.97. The zero-order valence-electron chi connectivity index (χ0n) is 47.1. The molecule has 0 bridgehead atoms. The quantitative estimate of drug-likeness (QED) is 0.0164. The minimum atomic E-state index is -4.71. The van der Waals surface area contributed by atoms with Gasteiger partial charge < -0.3 is 38.9 Å². The Morgan fingerprint density at radius 3 is 1.78 bits per heavy atom. The molecule has 5 aromatic rings. The fourth-order valence-electron chi connectivity index (χ4n) is 7.37. The SMILES string of the molecule is C#CC(C)Oc1cc(N2C(=O)C3=C(CCCC3)C2=O)c(F)cc1Cl.COc1nc(C)nc(NC(=O)NS(=O)(=O)c2ccccc2CCC(F)(F)F)n1.O=C(Nc1nc(OC(F)F)cc(OC(F)F)n1)NS(=O)(=O)c1ccccc1C(=O)O.O=C(O)CNCP(=O)(O)O. The maximum atomic E-state index is 14.4. The van der Waals surface area contributed by atoms with Crippen LogP contribution in [0.2, 0.25) is 5.02 Å². The number of sulfonamides is 2. The molecular formula is C50H49ClF8N11O19PS2. The van der Waals surface area contributed by atoms with E-state index >= 15 is 0 Å². The van der Waals surface area contributed by atoms with Gasteiger partial charge in [-0.1, -0.05) is 47.9 Å². The average molecular weight is 1390 g/mol. The third kappa shape index (κ3) is 23.8. The molecule has 1 unspecified atom stereocenters. The van der Waals surface area contributed by atoms with E-state index in [2.05, 4.69) is 50.9 Å². The van der Waals surface area contributed by atoms with Gasteiger partial charge in [0.05, 0.1) is 47.2 Å². The smallest absolute Gasteiger partial charge is 0.389 e. The molecule has 1 aliphatic carbocycles. The van der Waals surface area contributed by atoms with Gasteiger partial charge in [-0.3, -0.25) is 34.9 Å². The molecule has 498 valence electrons. The number of carbonyl (C=O) groups is 6. The van der Waals surface area contributed by atoms with Gasteiger partial charge >= 0.3 is 57.0 Å². The predicted octanol–water partition coefficient (Wildman–Crippen LogP) is 6.50. The number of aryl methyl sites for hydroxylation is 2. The number of urea groups is 2. The number of hydrogen-bond donors (Lipinski definition) is 9. The Morgan fingerprint density at radius 2 is 1.29 bits per heavy atom. The summed E-state index contributed by atoms with van der Waals surface area (Å²) in [5.41, 5.74) is 0.0925. The van der Waals surface area contributed by atoms with E-state index in [1.165, 1.54) is 55.2 Å². The van der Waals surface area contributed by atoms with Crippen LogP contribution in [0.1, 0.15) is 60.8 Å². The lowest BCUT2D eigenvalue weighted by molar-refractivity contribution is -0.136. The maximum absolute atomic E-state index is 14.4. The zero-order chi connectivity index (χ0) is 69.1. The molecule has 6 amide bonds. The number of amides is 6. The van der Waals surface area contributed by atoms with Crippen LogP contribution in [-0.4, -0.2) is 143 Å². The van der Waals surface area contributed by atoms with Crippen LogP contribution in [0.3, 0.4) is 0 Å². The van der Waals surface area contributed by atoms with E-state index in [9.17, 15) is 85.3 Å². The highest BCUT2D eigenvalue weighted by molar-refractivity contribution is 7.90. The molecule has 30 nitrogen and oxygen atoms in total. The number of halogens is 9. The van der Waals surface area contributed by atoms with Crippen molar-refractivity contribution in [3.05, 3.63) is 106 Å². The van der Waals surface area contributed by atoms with Crippen LogP contribution in [0.4, 0.5) is 62.3 Å². The molecule has 7 rings (SSSR count). The highest BCUT2D eigenvalue weighted by atomic mass is 35.5. The number of nitrogens with zero attached hydrogens (tertiary/aromatic N) is 6. The fraction of sp³-hybridized carbons (Fsp3) is 0.300. The van der Waals surface area contributed by atoms with Crippen molar-refractivity contribution in [3.8, 4) is 35.9 Å². The van der Waals surface area contributed by atoms with E-state index in [0.717, 1.165) is 42.0 Å². The zero-order valence-corrected chi connectivity index (χ0v) is 50.4. The number of terminal acetylenes is 1. The molecule has 92 heavy (non-hydrogen) atoms. The van der Waals surface area contributed by atoms with Crippen LogP contribution in [0.5, 0.6) is 23.5 Å². The Balaban J connectivity index is 0.000000275. The van der Waals surface area contributed by atoms with Crippen molar-refractivity contribution >= 4 is 92.6 Å². The number of ether oxygens (including phenoxy) is 4. The Bertz CT molecular complexity index is 3870. The van der Waals surface area contributed by atoms with E-state index in [1.807, 2.05) is 0 Å². The van der Waals surface area contributed by atoms with Crippen molar-refractivity contribution in [2.75, 3.05) is 35.5 Å². The Labute approximate surface area is 519 Å². The minimum absolute atomic E-state index is 0.0233. The van der Waals surface area contributed by atoms with E-state index in [0.29, 0.717) is 30.1 Å². The van der Waals surface area contributed by atoms with Gasteiger partial charge in [0.25, 0.3) is 31.9 Å². The molecule has 3 aromatic carbocycles. The highest BCUT2D eigenvalue weighted by Gasteiger charge is 2.41. The van der Waals surface area contributed by atoms with Gasteiger partial charge in [0, 0.05) is 23.6 Å². The van der Waals surface area contributed by atoms with Crippen molar-refractivity contribution in [3.63, 3.8) is 0 Å². The summed E-state index contributed by atoms with van der Waals surface area (Å²) in [6.07, 6.45) is 0.676. The first-order valence-corrected chi connectivity index (χ1v) is 30.4. The van der Waals surface area contributed by atoms with Gasteiger partial charge in [-0.15, -0.1) is 6.42 Å². The number of nitrogens with one attached hydrogen (secondary N) is 5. The van der Waals surface area contributed by atoms with Crippen molar-refractivity contribution < 1.29 is 124 Å². The maximum Gasteiger partial charge on any atom is 0.389 e. The standard InChI is InChI=1S/C18H15ClFNO3.C15H16F3N5O4S.C14H10F4N4O7S.C3H8NO5P/c1-3-10(2)24-16-9-15(14(20)8-13(16)19)21-17(22)11-6-4-5-7-12(11)18(21)23;1-9-19-12(22-14(20-9)27-2)21-13(24)23-28(25,26)11-6-4-3-5-10(11)7-8-15(16,17)18;15-11(16)28-8-5-9(29-12(17)18)20-13(19-8)21-14(25)22-30(26,27)7-4-2-1-3-6(7)10(23)24;5-3(6)1-4-2-10(7,8)9/h1,8-10H,4-7H2,2H3;3-6H,7-8H2,1-2H3,(H2,19,20,21,22,23,24);1-5,11-12H,(H,23,24)(H2,19,20,21,22,25);4H,1-2H2,(H,5,6)(H2,7,8,9). The second kappa shape index (κ2) is 33.1. The third-order valence-electron chi connectivity index (χ3n) is 11.0. The number of alkyl halides is 7. The van der Waals surface area contributed by atoms with Crippen LogP contribution in [0, 0.1) is 25.1 Å². The number of hydrogen-bond acceptors (Lipinski definition) is 21. The van der Waals surface area contributed by atoms with Crippen LogP contribution in [0.15, 0.2) is 87.7 Å². The van der Waals surface area contributed by atoms with Crippen LogP contribution >= 0.6 is 19.2 Å². The monoisotopic (exact) mass is 1390 g/mol. The summed E-state index contributed by atoms with van der Waals surface area (Å²) < 4.78 is 182. The predicted molar refractivity (Wildman–Crippen MR) is 300 cm³/mol. The van der Waals surface area contributed by atoms with Gasteiger partial charge in [-0.05, 0) is 75.8 Å². The van der Waals surface area contributed by atoms with E-state index < -0.39 is 154 Å². The molecule has 1 atom stereocenters. The van der Waals surface area contributed by atoms with E-state index in [4.69, 9.17) is 47.5 Å². The molecule has 1 aliphatic heterocycles. The Morgan fingerprint density at radius 1 is 0.783 bits per heavy atom. The summed E-state index contributed by atoms with van der Waals surface area (Å²) in [4.78, 5) is 104. The van der Waals surface area contributed by atoms with Crippen molar-refractivity contribution in [1.82, 2.24) is 39.7 Å². The molecule has 9 N–H and O–H groups in total. The van der Waals surface area contributed by atoms with Gasteiger partial charge in [0.15, 0.2) is 6.10 Å². The Hall–Kier alpha value is -9.39. The number of carboxylic acid groups (broad SMARTS) is 2. The number of aliphatic carboxylic acids is 1. The summed E-state index contributed by atoms with van der Waals surface area (Å²) in [5.74, 6) is -4.84.